The molecule has 0 saturated heterocycles. The molecular weight excluding hydrogens is 514 g/mol. The maximum atomic E-state index is 12.2. The second kappa shape index (κ2) is 10.6. The second-order valence-electron chi connectivity index (χ2n) is 13.1. The molecule has 10 nitrogen and oxygen atoms in total. The molecule has 6 N–H and O–H groups in total. The molecule has 0 aromatic carbocycles. The maximum Gasteiger partial charge on any atom is 0.309 e. The van der Waals surface area contributed by atoms with E-state index in [2.05, 4.69) is 26.1 Å². The third-order valence-electron chi connectivity index (χ3n) is 11.5. The summed E-state index contributed by atoms with van der Waals surface area (Å²) in [6, 6.07) is 0. The number of carboxylic acids is 1. The van der Waals surface area contributed by atoms with E-state index in [1.54, 1.807) is 0 Å². The van der Waals surface area contributed by atoms with Crippen molar-refractivity contribution in [2.75, 3.05) is 12.3 Å². The molecule has 218 valence electrons. The van der Waals surface area contributed by atoms with Gasteiger partial charge in [-0.15, -0.1) is 0 Å². The molecule has 0 aliphatic heterocycles. The van der Waals surface area contributed by atoms with E-state index in [0.29, 0.717) is 32.1 Å². The normalized spacial score (nSPS) is 45.4. The monoisotopic (exact) mass is 559 g/mol. The van der Waals surface area contributed by atoms with Gasteiger partial charge in [0.15, 0.2) is 0 Å². The van der Waals surface area contributed by atoms with Gasteiger partial charge >= 0.3 is 5.97 Å². The van der Waals surface area contributed by atoms with Crippen LogP contribution >= 0.6 is 0 Å². The fraction of sp³-hybridized carbons (Fsp3) is 0.926. The number of carbonyl (C=O) groups excluding carboxylic acids is 1. The van der Waals surface area contributed by atoms with Crippen LogP contribution in [0.5, 0.6) is 0 Å². The molecule has 4 aliphatic rings. The van der Waals surface area contributed by atoms with Gasteiger partial charge in [-0.2, -0.15) is 8.42 Å². The van der Waals surface area contributed by atoms with Crippen molar-refractivity contribution in [3.05, 3.63) is 0 Å². The topological polar surface area (TPSA) is 181 Å². The minimum Gasteiger partial charge on any atom is -0.481 e. The SMILES string of the molecule is C[C@H](CCC(=O)NCCS(=O)(=O)O)[C@H]1CC[C@H]2[C@@H]3[C@H](O)CC4C(C(=O)O)[C@H](O)CC[C@]4(C)[C@H]3C[C@H](O)[C@]12C. The van der Waals surface area contributed by atoms with Gasteiger partial charge < -0.3 is 25.7 Å². The Bertz CT molecular complexity index is 1020. The molecule has 2 unspecified atom stereocenters. The van der Waals surface area contributed by atoms with E-state index in [-0.39, 0.29) is 59.8 Å². The Balaban J connectivity index is 1.48. The minimum atomic E-state index is -4.13. The third-order valence-corrected chi connectivity index (χ3v) is 12.2. The zero-order valence-electron chi connectivity index (χ0n) is 22.6. The van der Waals surface area contributed by atoms with Crippen LogP contribution in [0.3, 0.4) is 0 Å². The van der Waals surface area contributed by atoms with Gasteiger partial charge in [-0.25, -0.2) is 0 Å². The summed E-state index contributed by atoms with van der Waals surface area (Å²) in [4.78, 5) is 24.3. The number of aliphatic hydroxyl groups excluding tert-OH is 3. The predicted octanol–water partition coefficient (Wildman–Crippen LogP) is 1.68. The van der Waals surface area contributed by atoms with Crippen molar-refractivity contribution in [3.8, 4) is 0 Å². The van der Waals surface area contributed by atoms with Crippen LogP contribution in [0, 0.1) is 52.3 Å². The number of nitrogens with one attached hydrogen (secondary N) is 1. The first-order valence-electron chi connectivity index (χ1n) is 14.1. The van der Waals surface area contributed by atoms with Gasteiger partial charge in [-0.3, -0.25) is 14.1 Å². The molecule has 4 aliphatic carbocycles. The number of carboxylic acid groups (broad SMARTS) is 1. The van der Waals surface area contributed by atoms with E-state index in [0.717, 1.165) is 12.8 Å². The Morgan fingerprint density at radius 1 is 1.00 bits per heavy atom. The number of aliphatic hydroxyl groups is 3. The molecule has 0 aromatic heterocycles. The highest BCUT2D eigenvalue weighted by Gasteiger charge is 2.67. The molecule has 1 amide bonds. The fourth-order valence-electron chi connectivity index (χ4n) is 9.53. The van der Waals surface area contributed by atoms with Crippen LogP contribution in [-0.2, 0) is 19.7 Å². The third kappa shape index (κ3) is 5.13. The van der Waals surface area contributed by atoms with Crippen LogP contribution in [0.25, 0.3) is 0 Å². The van der Waals surface area contributed by atoms with Gasteiger partial charge in [-0.05, 0) is 91.3 Å². The van der Waals surface area contributed by atoms with Crippen LogP contribution < -0.4 is 5.32 Å². The van der Waals surface area contributed by atoms with Crippen LogP contribution in [0.2, 0.25) is 0 Å². The van der Waals surface area contributed by atoms with Crippen molar-refractivity contribution in [1.29, 1.82) is 0 Å². The Morgan fingerprint density at radius 3 is 2.32 bits per heavy atom. The van der Waals surface area contributed by atoms with Gasteiger partial charge in [-0.1, -0.05) is 20.8 Å². The molecular formula is C27H45NO9S. The summed E-state index contributed by atoms with van der Waals surface area (Å²) in [5.41, 5.74) is -0.815. The molecule has 38 heavy (non-hydrogen) atoms. The molecule has 11 heteroatoms. The lowest BCUT2D eigenvalue weighted by Gasteiger charge is -2.64. The second-order valence-corrected chi connectivity index (χ2v) is 14.7. The van der Waals surface area contributed by atoms with Gasteiger partial charge in [0.1, 0.15) is 0 Å². The first-order chi connectivity index (χ1) is 17.6. The number of carbonyl (C=O) groups is 2. The van der Waals surface area contributed by atoms with Crippen LogP contribution in [0.4, 0.5) is 0 Å². The molecule has 4 fully saturated rings. The van der Waals surface area contributed by atoms with E-state index >= 15 is 0 Å². The first-order valence-corrected chi connectivity index (χ1v) is 15.7. The average Bonchev–Trinajstić information content (AvgIpc) is 3.17. The van der Waals surface area contributed by atoms with E-state index in [1.165, 1.54) is 0 Å². The highest BCUT2D eigenvalue weighted by atomic mass is 32.2. The van der Waals surface area contributed by atoms with E-state index in [1.807, 2.05) is 0 Å². The smallest absolute Gasteiger partial charge is 0.309 e. The maximum absolute atomic E-state index is 12.2. The molecule has 4 saturated carbocycles. The summed E-state index contributed by atoms with van der Waals surface area (Å²) in [5, 5.41) is 46.1. The van der Waals surface area contributed by atoms with Crippen molar-refractivity contribution < 1.29 is 43.0 Å². The van der Waals surface area contributed by atoms with Crippen LogP contribution in [0.15, 0.2) is 0 Å². The number of fused-ring (bicyclic) bond motifs is 5. The van der Waals surface area contributed by atoms with Gasteiger partial charge in [0.05, 0.1) is 30.0 Å². The fourth-order valence-corrected chi connectivity index (χ4v) is 9.89. The molecule has 12 atom stereocenters. The quantitative estimate of drug-likeness (QED) is 0.241. The summed E-state index contributed by atoms with van der Waals surface area (Å²) in [7, 11) is -4.13. The van der Waals surface area contributed by atoms with E-state index in [9.17, 15) is 38.4 Å². The summed E-state index contributed by atoms with van der Waals surface area (Å²) < 4.78 is 30.5. The zero-order valence-corrected chi connectivity index (χ0v) is 23.4. The Hall–Kier alpha value is -1.27. The predicted molar refractivity (Wildman–Crippen MR) is 138 cm³/mol. The summed E-state index contributed by atoms with van der Waals surface area (Å²) in [5.74, 6) is -2.80. The summed E-state index contributed by atoms with van der Waals surface area (Å²) in [6.07, 6.45) is 2.21. The highest BCUT2D eigenvalue weighted by molar-refractivity contribution is 7.85. The largest absolute Gasteiger partial charge is 0.481 e. The van der Waals surface area contributed by atoms with Crippen LogP contribution in [0.1, 0.15) is 72.1 Å². The molecule has 0 bridgehead atoms. The number of aliphatic carboxylic acids is 1. The number of amides is 1. The Morgan fingerprint density at radius 2 is 1.68 bits per heavy atom. The van der Waals surface area contributed by atoms with Crippen molar-refractivity contribution in [1.82, 2.24) is 5.32 Å². The standard InChI is InChI=1S/C27H45NO9S/c1-14(4-7-22(32)28-10-11-38(35,36)37)15-5-6-16-23-18(13-21(31)27(15,16)3)26(2)9-8-19(29)24(25(33)34)17(26)12-20(23)30/h14-21,23-24,29-31H,4-13H2,1-3H3,(H,28,32)(H,33,34)(H,35,36,37)/t14-,15-,16+,17?,18+,19-,20-,21+,23+,24?,26+,27-/m1/s1. The zero-order chi connectivity index (χ0) is 28.2. The van der Waals surface area contributed by atoms with Crippen molar-refractivity contribution in [3.63, 3.8) is 0 Å². The minimum absolute atomic E-state index is 0.0266. The van der Waals surface area contributed by atoms with Crippen LogP contribution in [-0.4, -0.2) is 75.9 Å². The molecule has 0 aromatic rings. The lowest BCUT2D eigenvalue weighted by atomic mass is 9.41. The average molecular weight is 560 g/mol. The van der Waals surface area contributed by atoms with Gasteiger partial charge in [0.2, 0.25) is 5.91 Å². The molecule has 4 rings (SSSR count). The number of hydrogen-bond acceptors (Lipinski definition) is 7. The molecule has 0 spiro atoms. The van der Waals surface area contributed by atoms with Crippen molar-refractivity contribution >= 4 is 22.0 Å². The van der Waals surface area contributed by atoms with E-state index in [4.69, 9.17) is 4.55 Å². The lowest BCUT2D eigenvalue weighted by molar-refractivity contribution is -0.221. The van der Waals surface area contributed by atoms with Gasteiger partial charge in [0, 0.05) is 13.0 Å². The number of rotatable bonds is 8. The Labute approximate surface area is 225 Å². The summed E-state index contributed by atoms with van der Waals surface area (Å²) >= 11 is 0. The van der Waals surface area contributed by atoms with Crippen molar-refractivity contribution in [2.45, 2.75) is 90.4 Å². The molecule has 0 radical (unpaired) electrons. The highest BCUT2D eigenvalue weighted by Crippen LogP contribution is 2.69. The van der Waals surface area contributed by atoms with E-state index < -0.39 is 51.5 Å². The Kier molecular flexibility index (Phi) is 8.30. The summed E-state index contributed by atoms with van der Waals surface area (Å²) in [6.45, 7) is 6.16. The van der Waals surface area contributed by atoms with Gasteiger partial charge in [0.25, 0.3) is 10.1 Å². The number of hydrogen-bond donors (Lipinski definition) is 6. The first kappa shape index (κ1) is 29.7. The van der Waals surface area contributed by atoms with Crippen molar-refractivity contribution in [2.24, 2.45) is 52.3 Å². The lowest BCUT2D eigenvalue weighted by Crippen LogP contribution is -2.64. The molecule has 0 heterocycles.